The highest BCUT2D eigenvalue weighted by atomic mass is 16.5. The molecule has 32 heavy (non-hydrogen) atoms. The highest BCUT2D eigenvalue weighted by Crippen LogP contribution is 2.27. The van der Waals surface area contributed by atoms with Gasteiger partial charge in [-0.3, -0.25) is 19.7 Å². The van der Waals surface area contributed by atoms with Crippen molar-refractivity contribution in [2.24, 2.45) is 0 Å². The van der Waals surface area contributed by atoms with E-state index in [1.807, 2.05) is 44.2 Å². The van der Waals surface area contributed by atoms with Crippen LogP contribution in [0.5, 0.6) is 0 Å². The van der Waals surface area contributed by atoms with Gasteiger partial charge in [0.1, 0.15) is 12.1 Å². The number of esters is 1. The minimum Gasteiger partial charge on any atom is -0.468 e. The van der Waals surface area contributed by atoms with Crippen LogP contribution >= 0.6 is 0 Å². The van der Waals surface area contributed by atoms with Gasteiger partial charge in [-0.05, 0) is 49.2 Å². The predicted molar refractivity (Wildman–Crippen MR) is 119 cm³/mol. The first kappa shape index (κ1) is 21.0. The van der Waals surface area contributed by atoms with Crippen molar-refractivity contribution in [1.29, 1.82) is 0 Å². The summed E-state index contributed by atoms with van der Waals surface area (Å²) in [5, 5.41) is 2.99. The number of rotatable bonds is 4. The largest absolute Gasteiger partial charge is 0.468 e. The Hall–Kier alpha value is -4.20. The van der Waals surface area contributed by atoms with Crippen LogP contribution < -0.4 is 10.2 Å². The highest BCUT2D eigenvalue weighted by Gasteiger charge is 2.37. The number of hydrogen-bond acceptors (Lipinski definition) is 5. The van der Waals surface area contributed by atoms with Crippen molar-refractivity contribution < 1.29 is 23.9 Å². The zero-order chi connectivity index (χ0) is 23.0. The van der Waals surface area contributed by atoms with Crippen LogP contribution in [-0.4, -0.2) is 35.5 Å². The molecule has 4 amide bonds. The second kappa shape index (κ2) is 8.14. The normalized spacial score (nSPS) is 15.4. The van der Waals surface area contributed by atoms with Crippen LogP contribution in [0.25, 0.3) is 17.0 Å². The van der Waals surface area contributed by atoms with Crippen LogP contribution in [0.2, 0.25) is 0 Å². The van der Waals surface area contributed by atoms with Crippen LogP contribution in [-0.2, 0) is 25.7 Å². The van der Waals surface area contributed by atoms with E-state index in [9.17, 15) is 19.2 Å². The fourth-order valence-corrected chi connectivity index (χ4v) is 3.85. The first-order valence-electron chi connectivity index (χ1n) is 9.93. The quantitative estimate of drug-likeness (QED) is 0.389. The molecule has 1 fully saturated rings. The summed E-state index contributed by atoms with van der Waals surface area (Å²) in [4.78, 5) is 51.1. The van der Waals surface area contributed by atoms with Crippen LogP contribution in [0, 0.1) is 13.8 Å². The number of ether oxygens (including phenoxy) is 1. The Morgan fingerprint density at radius 3 is 2.44 bits per heavy atom. The lowest BCUT2D eigenvalue weighted by atomic mass is 10.0. The minimum absolute atomic E-state index is 0.0203. The van der Waals surface area contributed by atoms with Gasteiger partial charge in [0.05, 0.1) is 12.8 Å². The Kier molecular flexibility index (Phi) is 5.36. The summed E-state index contributed by atoms with van der Waals surface area (Å²) in [5.41, 5.74) is 3.29. The number of para-hydroxylation sites is 1. The lowest BCUT2D eigenvalue weighted by molar-refractivity contribution is -0.141. The van der Waals surface area contributed by atoms with Crippen LogP contribution in [0.1, 0.15) is 16.7 Å². The standard InChI is InChI=1S/C24H21N3O5/c1-14-8-15(2)10-17(9-14)27-23(30)19(22(29)25-24(27)31)11-16-12-26(13-21(28)32-3)20-7-5-4-6-18(16)20/h4-12H,13H2,1-3H3,(H,25,29,31). The van der Waals surface area contributed by atoms with E-state index in [1.54, 1.807) is 22.9 Å². The van der Waals surface area contributed by atoms with E-state index in [-0.39, 0.29) is 12.1 Å². The maximum Gasteiger partial charge on any atom is 0.335 e. The van der Waals surface area contributed by atoms with Crippen molar-refractivity contribution in [2.75, 3.05) is 12.0 Å². The molecule has 1 aliphatic rings. The highest BCUT2D eigenvalue weighted by molar-refractivity contribution is 6.39. The molecule has 1 saturated heterocycles. The molecule has 2 aromatic carbocycles. The van der Waals surface area contributed by atoms with Gasteiger partial charge in [0.25, 0.3) is 11.8 Å². The fourth-order valence-electron chi connectivity index (χ4n) is 3.85. The van der Waals surface area contributed by atoms with Crippen LogP contribution in [0.15, 0.2) is 54.2 Å². The number of aryl methyl sites for hydroxylation is 2. The van der Waals surface area contributed by atoms with Gasteiger partial charge in [-0.25, -0.2) is 9.69 Å². The molecule has 0 radical (unpaired) electrons. The van der Waals surface area contributed by atoms with Crippen molar-refractivity contribution in [3.8, 4) is 0 Å². The number of nitrogens with zero attached hydrogens (tertiary/aromatic N) is 2. The molecule has 0 unspecified atom stereocenters. The molecule has 1 aliphatic heterocycles. The van der Waals surface area contributed by atoms with E-state index in [0.717, 1.165) is 26.9 Å². The van der Waals surface area contributed by atoms with Crippen molar-refractivity contribution in [3.63, 3.8) is 0 Å². The summed E-state index contributed by atoms with van der Waals surface area (Å²) in [6, 6.07) is 11.8. The number of imide groups is 2. The number of methoxy groups -OCH3 is 1. The lowest BCUT2D eigenvalue weighted by Crippen LogP contribution is -2.54. The minimum atomic E-state index is -0.796. The molecule has 0 spiro atoms. The molecular weight excluding hydrogens is 410 g/mol. The van der Waals surface area contributed by atoms with Gasteiger partial charge in [0, 0.05) is 22.7 Å². The summed E-state index contributed by atoms with van der Waals surface area (Å²) >= 11 is 0. The third kappa shape index (κ3) is 3.78. The summed E-state index contributed by atoms with van der Waals surface area (Å²) in [7, 11) is 1.31. The van der Waals surface area contributed by atoms with Crippen LogP contribution in [0.3, 0.4) is 0 Å². The second-order valence-corrected chi connectivity index (χ2v) is 7.61. The van der Waals surface area contributed by atoms with Gasteiger partial charge in [-0.2, -0.15) is 0 Å². The molecule has 3 aromatic rings. The monoisotopic (exact) mass is 431 g/mol. The molecule has 8 nitrogen and oxygen atoms in total. The SMILES string of the molecule is COC(=O)Cn1cc(C=C2C(=O)NC(=O)N(c3cc(C)cc(C)c3)C2=O)c2ccccc21. The van der Waals surface area contributed by atoms with Crippen molar-refractivity contribution in [2.45, 2.75) is 20.4 Å². The smallest absolute Gasteiger partial charge is 0.335 e. The first-order chi connectivity index (χ1) is 15.3. The number of anilines is 1. The fraction of sp³-hybridized carbons (Fsp3) is 0.167. The predicted octanol–water partition coefficient (Wildman–Crippen LogP) is 3.10. The Balaban J connectivity index is 1.80. The van der Waals surface area contributed by atoms with Gasteiger partial charge >= 0.3 is 12.0 Å². The zero-order valence-corrected chi connectivity index (χ0v) is 17.8. The first-order valence-corrected chi connectivity index (χ1v) is 9.93. The Bertz CT molecular complexity index is 1300. The number of carbonyl (C=O) groups is 4. The average molecular weight is 431 g/mol. The van der Waals surface area contributed by atoms with Crippen molar-refractivity contribution in [1.82, 2.24) is 9.88 Å². The van der Waals surface area contributed by atoms with E-state index in [2.05, 4.69) is 5.32 Å². The van der Waals surface area contributed by atoms with E-state index in [0.29, 0.717) is 11.3 Å². The van der Waals surface area contributed by atoms with Gasteiger partial charge in [0.2, 0.25) is 0 Å². The second-order valence-electron chi connectivity index (χ2n) is 7.61. The van der Waals surface area contributed by atoms with Crippen LogP contribution in [0.4, 0.5) is 10.5 Å². The molecule has 0 aliphatic carbocycles. The molecule has 0 saturated carbocycles. The number of nitrogens with one attached hydrogen (secondary N) is 1. The summed E-state index contributed by atoms with van der Waals surface area (Å²) < 4.78 is 6.44. The van der Waals surface area contributed by atoms with E-state index in [4.69, 9.17) is 4.74 Å². The van der Waals surface area contributed by atoms with E-state index in [1.165, 1.54) is 13.2 Å². The van der Waals surface area contributed by atoms with Gasteiger partial charge < -0.3 is 9.30 Å². The average Bonchev–Trinajstić information content (AvgIpc) is 3.07. The number of amides is 4. The number of benzene rings is 2. The number of urea groups is 1. The van der Waals surface area contributed by atoms with Crippen molar-refractivity contribution in [3.05, 3.63) is 70.9 Å². The van der Waals surface area contributed by atoms with E-state index >= 15 is 0 Å². The number of hydrogen-bond donors (Lipinski definition) is 1. The summed E-state index contributed by atoms with van der Waals surface area (Å²) in [5.74, 6) is -1.91. The molecule has 162 valence electrons. The molecule has 8 heteroatoms. The molecule has 1 aromatic heterocycles. The Labute approximate surface area is 184 Å². The third-order valence-electron chi connectivity index (χ3n) is 5.21. The molecule has 1 N–H and O–H groups in total. The van der Waals surface area contributed by atoms with Gasteiger partial charge in [0.15, 0.2) is 0 Å². The molecule has 4 rings (SSSR count). The third-order valence-corrected chi connectivity index (χ3v) is 5.21. The molecule has 0 atom stereocenters. The van der Waals surface area contributed by atoms with Crippen molar-refractivity contribution >= 4 is 46.5 Å². The molecule has 2 heterocycles. The maximum atomic E-state index is 13.2. The number of barbiturate groups is 1. The van der Waals surface area contributed by atoms with Gasteiger partial charge in [-0.15, -0.1) is 0 Å². The Morgan fingerprint density at radius 2 is 1.75 bits per heavy atom. The number of carbonyl (C=O) groups excluding carboxylic acids is 4. The number of aromatic nitrogens is 1. The molecular formula is C24H21N3O5. The topological polar surface area (TPSA) is 97.7 Å². The van der Waals surface area contributed by atoms with E-state index < -0.39 is 23.8 Å². The van der Waals surface area contributed by atoms with Gasteiger partial charge in [-0.1, -0.05) is 24.3 Å². The summed E-state index contributed by atoms with van der Waals surface area (Å²) in [6.45, 7) is 3.70. The maximum absolute atomic E-state index is 13.2. The summed E-state index contributed by atoms with van der Waals surface area (Å²) in [6.07, 6.45) is 3.11. The molecule has 0 bridgehead atoms. The lowest BCUT2D eigenvalue weighted by Gasteiger charge is -2.26. The Morgan fingerprint density at radius 1 is 1.06 bits per heavy atom. The number of fused-ring (bicyclic) bond motifs is 1. The zero-order valence-electron chi connectivity index (χ0n) is 17.8.